The fourth-order valence-electron chi connectivity index (χ4n) is 1.81. The summed E-state index contributed by atoms with van der Waals surface area (Å²) < 4.78 is 6.83. The van der Waals surface area contributed by atoms with Crippen molar-refractivity contribution >= 4 is 28.6 Å². The van der Waals surface area contributed by atoms with Crippen molar-refractivity contribution in [2.45, 2.75) is 26.3 Å². The van der Waals surface area contributed by atoms with Gasteiger partial charge in [0.2, 0.25) is 0 Å². The van der Waals surface area contributed by atoms with E-state index in [1.54, 1.807) is 6.92 Å². The predicted octanol–water partition coefficient (Wildman–Crippen LogP) is 2.43. The molecule has 0 aliphatic rings. The van der Waals surface area contributed by atoms with Gasteiger partial charge in [0.05, 0.1) is 12.1 Å². The van der Waals surface area contributed by atoms with Crippen LogP contribution in [0.15, 0.2) is 18.6 Å². The Hall–Kier alpha value is -1.62. The number of carbonyl (C=O) groups excluding carboxylic acids is 1. The topological polar surface area (TPSA) is 57.0 Å². The zero-order valence-corrected chi connectivity index (χ0v) is 10.9. The molecule has 0 saturated carbocycles. The maximum Gasteiger partial charge on any atom is 0.305 e. The number of hydrogen-bond donors (Lipinski definition) is 0. The summed E-state index contributed by atoms with van der Waals surface area (Å²) in [6, 6.07) is 1.88. The SMILES string of the molecule is CCOC(=O)CCCn1ccc2ncnc(Cl)c21. The molecule has 0 amide bonds. The maximum atomic E-state index is 11.2. The highest BCUT2D eigenvalue weighted by atomic mass is 35.5. The van der Waals surface area contributed by atoms with Crippen LogP contribution in [0.3, 0.4) is 0 Å². The van der Waals surface area contributed by atoms with Crippen molar-refractivity contribution < 1.29 is 9.53 Å². The van der Waals surface area contributed by atoms with Crippen LogP contribution in [-0.4, -0.2) is 27.1 Å². The number of aryl methyl sites for hydroxylation is 1. The molecule has 0 N–H and O–H groups in total. The zero-order valence-electron chi connectivity index (χ0n) is 10.1. The third kappa shape index (κ3) is 2.79. The second-order valence-corrected chi connectivity index (χ2v) is 4.17. The van der Waals surface area contributed by atoms with Crippen molar-refractivity contribution in [3.8, 4) is 0 Å². The number of hydrogen-bond acceptors (Lipinski definition) is 4. The van der Waals surface area contributed by atoms with Crippen LogP contribution in [-0.2, 0) is 16.1 Å². The van der Waals surface area contributed by atoms with Gasteiger partial charge in [0.15, 0.2) is 5.15 Å². The van der Waals surface area contributed by atoms with Crippen molar-refractivity contribution in [3.05, 3.63) is 23.7 Å². The summed E-state index contributed by atoms with van der Waals surface area (Å²) in [5.74, 6) is -0.170. The molecule has 2 aromatic rings. The Kier molecular flexibility index (Phi) is 4.15. The van der Waals surface area contributed by atoms with Crippen LogP contribution in [0.1, 0.15) is 19.8 Å². The largest absolute Gasteiger partial charge is 0.466 e. The lowest BCUT2D eigenvalue weighted by Crippen LogP contribution is -2.06. The lowest BCUT2D eigenvalue weighted by Gasteiger charge is -2.05. The van der Waals surface area contributed by atoms with Gasteiger partial charge in [-0.05, 0) is 19.4 Å². The molecule has 0 unspecified atom stereocenters. The Balaban J connectivity index is 2.02. The quantitative estimate of drug-likeness (QED) is 0.617. The molecular formula is C12H14ClN3O2. The van der Waals surface area contributed by atoms with Gasteiger partial charge in [0, 0.05) is 19.2 Å². The molecule has 0 aliphatic heterocycles. The number of ether oxygens (including phenoxy) is 1. The fourth-order valence-corrected chi connectivity index (χ4v) is 2.05. The fraction of sp³-hybridized carbons (Fsp3) is 0.417. The molecule has 0 fully saturated rings. The van der Waals surface area contributed by atoms with Crippen LogP contribution in [0.25, 0.3) is 11.0 Å². The van der Waals surface area contributed by atoms with E-state index in [4.69, 9.17) is 16.3 Å². The van der Waals surface area contributed by atoms with Crippen molar-refractivity contribution in [1.82, 2.24) is 14.5 Å². The standard InChI is InChI=1S/C12H14ClN3O2/c1-2-18-10(17)4-3-6-16-7-5-9-11(16)12(13)15-8-14-9/h5,7-8H,2-4,6H2,1H3. The number of halogens is 1. The molecule has 2 heterocycles. The first-order chi connectivity index (χ1) is 8.72. The van der Waals surface area contributed by atoms with E-state index in [0.717, 1.165) is 11.0 Å². The van der Waals surface area contributed by atoms with E-state index in [2.05, 4.69) is 9.97 Å². The third-order valence-corrected chi connectivity index (χ3v) is 2.87. The molecule has 0 bridgehead atoms. The minimum atomic E-state index is -0.170. The first-order valence-electron chi connectivity index (χ1n) is 5.83. The van der Waals surface area contributed by atoms with Crippen LogP contribution in [0.5, 0.6) is 0 Å². The lowest BCUT2D eigenvalue weighted by molar-refractivity contribution is -0.143. The van der Waals surface area contributed by atoms with E-state index >= 15 is 0 Å². The molecule has 96 valence electrons. The van der Waals surface area contributed by atoms with Gasteiger partial charge in [0.1, 0.15) is 11.8 Å². The van der Waals surface area contributed by atoms with Gasteiger partial charge < -0.3 is 9.30 Å². The van der Waals surface area contributed by atoms with Crippen LogP contribution in [0.4, 0.5) is 0 Å². The Bertz CT molecular complexity index is 553. The van der Waals surface area contributed by atoms with E-state index in [1.807, 2.05) is 16.8 Å². The van der Waals surface area contributed by atoms with Crippen LogP contribution in [0.2, 0.25) is 5.15 Å². The van der Waals surface area contributed by atoms with Gasteiger partial charge in [-0.2, -0.15) is 0 Å². The van der Waals surface area contributed by atoms with Gasteiger partial charge in [-0.25, -0.2) is 9.97 Å². The summed E-state index contributed by atoms with van der Waals surface area (Å²) in [6.45, 7) is 2.91. The smallest absolute Gasteiger partial charge is 0.305 e. The third-order valence-electron chi connectivity index (χ3n) is 2.59. The molecule has 6 heteroatoms. The van der Waals surface area contributed by atoms with Crippen molar-refractivity contribution in [2.75, 3.05) is 6.61 Å². The Labute approximate surface area is 110 Å². The van der Waals surface area contributed by atoms with Crippen LogP contribution in [0, 0.1) is 0 Å². The average molecular weight is 268 g/mol. The molecule has 0 radical (unpaired) electrons. The van der Waals surface area contributed by atoms with Gasteiger partial charge in [-0.3, -0.25) is 4.79 Å². The first kappa shape index (κ1) is 12.8. The Morgan fingerprint density at radius 2 is 2.33 bits per heavy atom. The van der Waals surface area contributed by atoms with Gasteiger partial charge >= 0.3 is 5.97 Å². The van der Waals surface area contributed by atoms with E-state index in [1.165, 1.54) is 6.33 Å². The molecule has 2 aromatic heterocycles. The molecule has 18 heavy (non-hydrogen) atoms. The van der Waals surface area contributed by atoms with E-state index in [9.17, 15) is 4.79 Å². The van der Waals surface area contributed by atoms with E-state index in [-0.39, 0.29) is 5.97 Å². The Morgan fingerprint density at radius 1 is 1.50 bits per heavy atom. The zero-order chi connectivity index (χ0) is 13.0. The molecule has 2 rings (SSSR count). The van der Waals surface area contributed by atoms with Gasteiger partial charge in [-0.15, -0.1) is 0 Å². The second kappa shape index (κ2) is 5.82. The molecule has 0 spiro atoms. The summed E-state index contributed by atoms with van der Waals surface area (Å²) in [5.41, 5.74) is 1.62. The van der Waals surface area contributed by atoms with Crippen molar-refractivity contribution in [2.24, 2.45) is 0 Å². The van der Waals surface area contributed by atoms with Gasteiger partial charge in [0.25, 0.3) is 0 Å². The summed E-state index contributed by atoms with van der Waals surface area (Å²) in [4.78, 5) is 19.3. The molecule has 0 aromatic carbocycles. The second-order valence-electron chi connectivity index (χ2n) is 3.82. The summed E-state index contributed by atoms with van der Waals surface area (Å²) in [5, 5.41) is 0.432. The average Bonchev–Trinajstić information content (AvgIpc) is 2.74. The molecule has 0 aliphatic carbocycles. The number of rotatable bonds is 5. The van der Waals surface area contributed by atoms with Gasteiger partial charge in [-0.1, -0.05) is 11.6 Å². The summed E-state index contributed by atoms with van der Waals surface area (Å²) >= 11 is 6.03. The minimum Gasteiger partial charge on any atom is -0.466 e. The van der Waals surface area contributed by atoms with Crippen LogP contribution < -0.4 is 0 Å². The Morgan fingerprint density at radius 3 is 3.11 bits per heavy atom. The normalized spacial score (nSPS) is 10.8. The molecular weight excluding hydrogens is 254 g/mol. The van der Waals surface area contributed by atoms with Crippen LogP contribution >= 0.6 is 11.6 Å². The highest BCUT2D eigenvalue weighted by Crippen LogP contribution is 2.20. The number of aromatic nitrogens is 3. The first-order valence-corrected chi connectivity index (χ1v) is 6.21. The van der Waals surface area contributed by atoms with E-state index < -0.39 is 0 Å². The summed E-state index contributed by atoms with van der Waals surface area (Å²) in [6.07, 6.45) is 4.44. The highest BCUT2D eigenvalue weighted by molar-refractivity contribution is 6.33. The lowest BCUT2D eigenvalue weighted by atomic mass is 10.3. The highest BCUT2D eigenvalue weighted by Gasteiger charge is 2.08. The minimum absolute atomic E-state index is 0.170. The number of esters is 1. The molecule has 0 atom stereocenters. The number of carbonyl (C=O) groups is 1. The summed E-state index contributed by atoms with van der Waals surface area (Å²) in [7, 11) is 0. The number of fused-ring (bicyclic) bond motifs is 1. The number of nitrogens with zero attached hydrogens (tertiary/aromatic N) is 3. The molecule has 5 nitrogen and oxygen atoms in total. The monoisotopic (exact) mass is 267 g/mol. The van der Waals surface area contributed by atoms with Crippen molar-refractivity contribution in [1.29, 1.82) is 0 Å². The van der Waals surface area contributed by atoms with Crippen molar-refractivity contribution in [3.63, 3.8) is 0 Å². The van der Waals surface area contributed by atoms with E-state index in [0.29, 0.717) is 31.1 Å². The predicted molar refractivity (Wildman–Crippen MR) is 68.4 cm³/mol. The molecule has 0 saturated heterocycles. The maximum absolute atomic E-state index is 11.2.